The Kier molecular flexibility index (Phi) is 5.86. The first-order chi connectivity index (χ1) is 11.9. The Balaban J connectivity index is 2.30. The molecule has 0 aromatic heterocycles. The lowest BCUT2D eigenvalue weighted by atomic mass is 9.97. The highest BCUT2D eigenvalue weighted by Gasteiger charge is 2.63. The maximum Gasteiger partial charge on any atom is 0.412 e. The lowest BCUT2D eigenvalue weighted by Crippen LogP contribution is -2.56. The molecule has 6 nitrogen and oxygen atoms in total. The van der Waals surface area contributed by atoms with Crippen LogP contribution in [-0.4, -0.2) is 51.1 Å². The van der Waals surface area contributed by atoms with Crippen molar-refractivity contribution in [2.45, 2.75) is 84.0 Å². The molecule has 1 saturated heterocycles. The van der Waals surface area contributed by atoms with Gasteiger partial charge in [-0.2, -0.15) is 0 Å². The average Bonchev–Trinajstić information content (AvgIpc) is 3.19. The lowest BCUT2D eigenvalue weighted by Gasteiger charge is -2.45. The fraction of sp³-hybridized carbons (Fsp3) is 0.789. The molecule has 2 heterocycles. The molecule has 1 N–H and O–H groups in total. The predicted molar refractivity (Wildman–Crippen MR) is 106 cm³/mol. The van der Waals surface area contributed by atoms with Gasteiger partial charge in [0.1, 0.15) is 17.1 Å². The molecule has 7 heteroatoms. The van der Waals surface area contributed by atoms with Gasteiger partial charge in [0.05, 0.1) is 18.6 Å². The first-order valence-electron chi connectivity index (χ1n) is 9.40. The number of rotatable bonds is 5. The highest BCUT2D eigenvalue weighted by atomic mass is 35.5. The van der Waals surface area contributed by atoms with Gasteiger partial charge in [-0.05, 0) is 59.1 Å². The molecule has 0 aromatic rings. The molecule has 2 aliphatic rings. The van der Waals surface area contributed by atoms with Crippen LogP contribution in [0.2, 0.25) is 0 Å². The Labute approximate surface area is 162 Å². The van der Waals surface area contributed by atoms with Crippen molar-refractivity contribution >= 4 is 23.0 Å². The third kappa shape index (κ3) is 4.45. The number of unbranched alkanes of at least 4 members (excludes halogenated alkanes) is 2. The minimum absolute atomic E-state index is 0.283. The van der Waals surface area contributed by atoms with Gasteiger partial charge < -0.3 is 15.0 Å². The monoisotopic (exact) mass is 384 g/mol. The normalized spacial score (nSPS) is 25.3. The van der Waals surface area contributed by atoms with E-state index in [1.807, 2.05) is 25.7 Å². The van der Waals surface area contributed by atoms with Crippen LogP contribution in [-0.2, 0) is 4.74 Å². The molecule has 1 amide bonds. The summed E-state index contributed by atoms with van der Waals surface area (Å²) < 4.78 is 5.63. The summed E-state index contributed by atoms with van der Waals surface area (Å²) in [5.74, 6) is 0.670. The number of halogens is 1. The van der Waals surface area contributed by atoms with Crippen LogP contribution >= 0.6 is 11.6 Å². The molecule has 1 atom stereocenters. The highest BCUT2D eigenvalue weighted by molar-refractivity contribution is 6.64. The molecule has 2 rings (SSSR count). The number of carbonyl (C=O) groups is 1. The number of nitrogens with zero attached hydrogens (tertiary/aromatic N) is 3. The summed E-state index contributed by atoms with van der Waals surface area (Å²) in [6.07, 6.45) is 3.86. The van der Waals surface area contributed by atoms with E-state index in [1.165, 1.54) is 0 Å². The van der Waals surface area contributed by atoms with E-state index < -0.39 is 11.3 Å². The summed E-state index contributed by atoms with van der Waals surface area (Å²) in [5.41, 5.74) is -1.30. The van der Waals surface area contributed by atoms with Crippen molar-refractivity contribution in [1.29, 1.82) is 0 Å². The van der Waals surface area contributed by atoms with Crippen LogP contribution in [0, 0.1) is 0 Å². The highest BCUT2D eigenvalue weighted by Crippen LogP contribution is 2.47. The van der Waals surface area contributed by atoms with Gasteiger partial charge >= 0.3 is 6.09 Å². The molecule has 1 unspecified atom stereocenters. The molecular formula is C19H33ClN4O2. The van der Waals surface area contributed by atoms with Crippen LogP contribution in [0.3, 0.4) is 0 Å². The number of ether oxygens (including phenoxy) is 1. The Hall–Kier alpha value is -1.43. The van der Waals surface area contributed by atoms with Crippen LogP contribution in [0.15, 0.2) is 17.4 Å². The summed E-state index contributed by atoms with van der Waals surface area (Å²) in [7, 11) is 0. The smallest absolute Gasteiger partial charge is 0.412 e. The Bertz CT molecular complexity index is 597. The number of amides is 1. The summed E-state index contributed by atoms with van der Waals surface area (Å²) in [6.45, 7) is 17.4. The summed E-state index contributed by atoms with van der Waals surface area (Å²) >= 11 is 6.14. The van der Waals surface area contributed by atoms with Crippen molar-refractivity contribution in [2.75, 3.05) is 13.1 Å². The summed E-state index contributed by atoms with van der Waals surface area (Å²) in [6, 6.07) is 0. The molecule has 26 heavy (non-hydrogen) atoms. The first kappa shape index (κ1) is 20.9. The maximum atomic E-state index is 12.8. The zero-order valence-corrected chi connectivity index (χ0v) is 17.7. The number of hydrogen-bond acceptors (Lipinski definition) is 5. The van der Waals surface area contributed by atoms with Gasteiger partial charge in [0.25, 0.3) is 0 Å². The molecule has 148 valence electrons. The van der Waals surface area contributed by atoms with E-state index in [4.69, 9.17) is 16.3 Å². The average molecular weight is 385 g/mol. The van der Waals surface area contributed by atoms with Gasteiger partial charge in [-0.15, -0.1) is 0 Å². The Morgan fingerprint density at radius 2 is 2.04 bits per heavy atom. The zero-order chi connectivity index (χ0) is 19.8. The summed E-state index contributed by atoms with van der Waals surface area (Å²) in [5, 5.41) is 3.39. The van der Waals surface area contributed by atoms with Crippen LogP contribution in [0.4, 0.5) is 4.79 Å². The minimum atomic E-state index is -0.523. The molecule has 0 aromatic carbocycles. The van der Waals surface area contributed by atoms with Gasteiger partial charge in [-0.1, -0.05) is 26.3 Å². The van der Waals surface area contributed by atoms with E-state index in [9.17, 15) is 4.79 Å². The van der Waals surface area contributed by atoms with Gasteiger partial charge in [0.2, 0.25) is 0 Å². The zero-order valence-electron chi connectivity index (χ0n) is 17.0. The molecule has 0 aliphatic carbocycles. The van der Waals surface area contributed by atoms with E-state index in [0.29, 0.717) is 24.2 Å². The second-order valence-electron chi connectivity index (χ2n) is 8.83. The topological polar surface area (TPSA) is 56.9 Å². The van der Waals surface area contributed by atoms with Crippen molar-refractivity contribution in [2.24, 2.45) is 4.99 Å². The molecular weight excluding hydrogens is 352 g/mol. The number of hydrogen-bond donors (Lipinski definition) is 1. The van der Waals surface area contributed by atoms with Crippen LogP contribution in [0.5, 0.6) is 0 Å². The Morgan fingerprint density at radius 1 is 1.38 bits per heavy atom. The lowest BCUT2D eigenvalue weighted by molar-refractivity contribution is 0.0143. The number of nitrogens with one attached hydrogen (secondary N) is 1. The van der Waals surface area contributed by atoms with E-state index in [-0.39, 0.29) is 11.6 Å². The molecule has 1 fully saturated rings. The second kappa shape index (κ2) is 7.29. The largest absolute Gasteiger partial charge is 0.444 e. The van der Waals surface area contributed by atoms with E-state index in [1.54, 1.807) is 0 Å². The quantitative estimate of drug-likeness (QED) is 0.437. The standard InChI is InChI=1S/C19H33ClN4O2/c1-8-9-10-11-19(13-23(19)16(25)26-17(3,4)5)24-14(2)22-15(20)21-12-18(24,6)7/h2,8-13H2,1,3-7H3,(H,21,22). The van der Waals surface area contributed by atoms with Gasteiger partial charge in [0.15, 0.2) is 5.29 Å². The van der Waals surface area contributed by atoms with Crippen molar-refractivity contribution in [1.82, 2.24) is 15.1 Å². The van der Waals surface area contributed by atoms with Crippen molar-refractivity contribution < 1.29 is 9.53 Å². The minimum Gasteiger partial charge on any atom is -0.444 e. The SMILES string of the molecule is C=C1NC(Cl)=NCC(C)(C)N1C1(CCCCC)CN1C(=O)OC(C)(C)C. The third-order valence-electron chi connectivity index (χ3n) is 4.75. The second-order valence-corrected chi connectivity index (χ2v) is 9.19. The first-order valence-corrected chi connectivity index (χ1v) is 9.77. The van der Waals surface area contributed by atoms with Crippen molar-refractivity contribution in [3.8, 4) is 0 Å². The predicted octanol–water partition coefficient (Wildman–Crippen LogP) is 4.26. The third-order valence-corrected chi connectivity index (χ3v) is 4.96. The van der Waals surface area contributed by atoms with E-state index in [0.717, 1.165) is 25.7 Å². The van der Waals surface area contributed by atoms with Crippen LogP contribution in [0.1, 0.15) is 67.2 Å². The van der Waals surface area contributed by atoms with Gasteiger partial charge in [-0.3, -0.25) is 9.89 Å². The number of amidine groups is 1. The van der Waals surface area contributed by atoms with E-state index >= 15 is 0 Å². The number of aliphatic imine (C=N–C) groups is 1. The molecule has 0 bridgehead atoms. The Morgan fingerprint density at radius 3 is 2.62 bits per heavy atom. The van der Waals surface area contributed by atoms with E-state index in [2.05, 4.69) is 42.6 Å². The molecule has 2 aliphatic heterocycles. The molecule has 0 spiro atoms. The maximum absolute atomic E-state index is 12.8. The number of carbonyl (C=O) groups excluding carboxylic acids is 1. The van der Waals surface area contributed by atoms with Gasteiger partial charge in [0, 0.05) is 0 Å². The fourth-order valence-electron chi connectivity index (χ4n) is 3.67. The van der Waals surface area contributed by atoms with Crippen LogP contribution < -0.4 is 5.32 Å². The molecule has 0 radical (unpaired) electrons. The van der Waals surface area contributed by atoms with Gasteiger partial charge in [-0.25, -0.2) is 4.79 Å². The van der Waals surface area contributed by atoms with Crippen molar-refractivity contribution in [3.63, 3.8) is 0 Å². The summed E-state index contributed by atoms with van der Waals surface area (Å²) in [4.78, 5) is 21.1. The van der Waals surface area contributed by atoms with Crippen molar-refractivity contribution in [3.05, 3.63) is 12.4 Å². The van der Waals surface area contributed by atoms with Crippen LogP contribution in [0.25, 0.3) is 0 Å². The molecule has 0 saturated carbocycles. The fourth-order valence-corrected chi connectivity index (χ4v) is 3.84.